The van der Waals surface area contributed by atoms with Crippen LogP contribution in [-0.4, -0.2) is 36.9 Å². The van der Waals surface area contributed by atoms with Crippen molar-refractivity contribution in [3.63, 3.8) is 0 Å². The van der Waals surface area contributed by atoms with Crippen LogP contribution < -0.4 is 5.32 Å². The first-order chi connectivity index (χ1) is 9.73. The van der Waals surface area contributed by atoms with Gasteiger partial charge in [-0.05, 0) is 37.8 Å². The molecule has 112 valence electrons. The molecule has 1 aromatic heterocycles. The third-order valence-corrected chi connectivity index (χ3v) is 5.04. The molecule has 0 unspecified atom stereocenters. The lowest BCUT2D eigenvalue weighted by atomic mass is 9.86. The van der Waals surface area contributed by atoms with Crippen LogP contribution in [0.5, 0.6) is 0 Å². The monoisotopic (exact) mass is 279 g/mol. The molecular weight excluding hydrogens is 254 g/mol. The number of rotatable bonds is 5. The van der Waals surface area contributed by atoms with E-state index in [0.29, 0.717) is 18.4 Å². The maximum atomic E-state index is 5.51. The van der Waals surface area contributed by atoms with Crippen molar-refractivity contribution in [3.8, 4) is 0 Å². The van der Waals surface area contributed by atoms with Crippen molar-refractivity contribution in [2.45, 2.75) is 44.4 Å². The molecule has 1 saturated heterocycles. The number of hydrogen-bond donors (Lipinski definition) is 1. The van der Waals surface area contributed by atoms with Gasteiger partial charge in [-0.1, -0.05) is 24.9 Å². The molecule has 0 bridgehead atoms. The van der Waals surface area contributed by atoms with Gasteiger partial charge in [0.15, 0.2) is 5.82 Å². The maximum Gasteiger partial charge on any atom is 0.227 e. The Bertz CT molecular complexity index is 440. The summed E-state index contributed by atoms with van der Waals surface area (Å²) in [6, 6.07) is 0. The quantitative estimate of drug-likeness (QED) is 0.892. The van der Waals surface area contributed by atoms with Crippen LogP contribution in [-0.2, 0) is 16.6 Å². The molecule has 0 aromatic carbocycles. The van der Waals surface area contributed by atoms with Crippen LogP contribution in [0.25, 0.3) is 0 Å². The van der Waals surface area contributed by atoms with Crippen LogP contribution in [0.1, 0.15) is 44.3 Å². The maximum absolute atomic E-state index is 5.51. The Morgan fingerprint density at radius 1 is 1.35 bits per heavy atom. The Morgan fingerprint density at radius 2 is 2.15 bits per heavy atom. The van der Waals surface area contributed by atoms with E-state index in [1.807, 2.05) is 0 Å². The van der Waals surface area contributed by atoms with E-state index in [4.69, 9.17) is 14.2 Å². The minimum atomic E-state index is -0.00393. The van der Waals surface area contributed by atoms with E-state index >= 15 is 0 Å². The summed E-state index contributed by atoms with van der Waals surface area (Å²) in [6.45, 7) is 5.14. The van der Waals surface area contributed by atoms with Crippen molar-refractivity contribution in [3.05, 3.63) is 11.7 Å². The lowest BCUT2D eigenvalue weighted by Crippen LogP contribution is -2.29. The zero-order chi connectivity index (χ0) is 14.0. The second-order valence-electron chi connectivity index (χ2n) is 6.53. The molecular formula is C15H25N3O2. The van der Waals surface area contributed by atoms with E-state index in [2.05, 4.69) is 17.4 Å². The Morgan fingerprint density at radius 3 is 2.80 bits per heavy atom. The van der Waals surface area contributed by atoms with Gasteiger partial charge in [-0.3, -0.25) is 0 Å². The first-order valence-electron chi connectivity index (χ1n) is 7.76. The molecule has 1 aromatic rings. The molecule has 3 rings (SSSR count). The van der Waals surface area contributed by atoms with Gasteiger partial charge < -0.3 is 14.6 Å². The molecule has 5 heteroatoms. The molecule has 1 N–H and O–H groups in total. The van der Waals surface area contributed by atoms with Crippen LogP contribution >= 0.6 is 0 Å². The average Bonchev–Trinajstić information content (AvgIpc) is 3.13. The number of hydrogen-bond acceptors (Lipinski definition) is 5. The summed E-state index contributed by atoms with van der Waals surface area (Å²) in [7, 11) is 1.76. The Kier molecular flexibility index (Phi) is 4.08. The highest BCUT2D eigenvalue weighted by Gasteiger charge is 2.40. The Balaban J connectivity index is 1.72. The zero-order valence-electron chi connectivity index (χ0n) is 12.5. The van der Waals surface area contributed by atoms with Crippen molar-refractivity contribution in [1.82, 2.24) is 15.5 Å². The molecule has 0 amide bonds. The van der Waals surface area contributed by atoms with Gasteiger partial charge in [-0.25, -0.2) is 0 Å². The molecule has 0 spiro atoms. The van der Waals surface area contributed by atoms with Gasteiger partial charge in [0.2, 0.25) is 5.89 Å². The van der Waals surface area contributed by atoms with Crippen LogP contribution in [0.15, 0.2) is 4.52 Å². The van der Waals surface area contributed by atoms with Crippen molar-refractivity contribution in [1.29, 1.82) is 0 Å². The summed E-state index contributed by atoms with van der Waals surface area (Å²) in [4.78, 5) is 4.70. The molecule has 2 heterocycles. The summed E-state index contributed by atoms with van der Waals surface area (Å²) in [5, 5.41) is 7.69. The van der Waals surface area contributed by atoms with Gasteiger partial charge in [0.05, 0.1) is 12.0 Å². The summed E-state index contributed by atoms with van der Waals surface area (Å²) in [5.74, 6) is 2.96. The number of nitrogens with one attached hydrogen (secondary N) is 1. The fraction of sp³-hybridized carbons (Fsp3) is 0.867. The number of aromatic nitrogens is 2. The summed E-state index contributed by atoms with van der Waals surface area (Å²) in [5.41, 5.74) is -0.00393. The predicted molar refractivity (Wildman–Crippen MR) is 75.5 cm³/mol. The third-order valence-electron chi connectivity index (χ3n) is 5.04. The molecule has 2 aliphatic rings. The summed E-state index contributed by atoms with van der Waals surface area (Å²) >= 11 is 0. The van der Waals surface area contributed by atoms with E-state index in [1.165, 1.54) is 12.8 Å². The van der Waals surface area contributed by atoms with Crippen molar-refractivity contribution >= 4 is 0 Å². The SMILES string of the molecule is COCC1(c2noc(C[C@@H]3CNC[C@H]3C)n2)CCCC1. The van der Waals surface area contributed by atoms with Gasteiger partial charge in [0, 0.05) is 13.5 Å². The molecule has 1 saturated carbocycles. The highest BCUT2D eigenvalue weighted by atomic mass is 16.5. The van der Waals surface area contributed by atoms with E-state index in [0.717, 1.165) is 44.1 Å². The van der Waals surface area contributed by atoms with Gasteiger partial charge in [0.25, 0.3) is 0 Å². The van der Waals surface area contributed by atoms with Gasteiger partial charge in [-0.2, -0.15) is 4.98 Å². The van der Waals surface area contributed by atoms with Crippen LogP contribution in [0, 0.1) is 11.8 Å². The van der Waals surface area contributed by atoms with E-state index in [9.17, 15) is 0 Å². The second kappa shape index (κ2) is 5.82. The highest BCUT2D eigenvalue weighted by molar-refractivity contribution is 5.10. The van der Waals surface area contributed by atoms with E-state index < -0.39 is 0 Å². The van der Waals surface area contributed by atoms with E-state index in [1.54, 1.807) is 7.11 Å². The first-order valence-corrected chi connectivity index (χ1v) is 7.76. The third kappa shape index (κ3) is 2.61. The minimum Gasteiger partial charge on any atom is -0.384 e. The molecule has 5 nitrogen and oxygen atoms in total. The van der Waals surface area contributed by atoms with Crippen molar-refractivity contribution in [2.24, 2.45) is 11.8 Å². The van der Waals surface area contributed by atoms with Crippen molar-refractivity contribution < 1.29 is 9.26 Å². The topological polar surface area (TPSA) is 60.2 Å². The highest BCUT2D eigenvalue weighted by Crippen LogP contribution is 2.40. The molecule has 20 heavy (non-hydrogen) atoms. The molecule has 2 atom stereocenters. The lowest BCUT2D eigenvalue weighted by molar-refractivity contribution is 0.125. The van der Waals surface area contributed by atoms with Crippen molar-refractivity contribution in [2.75, 3.05) is 26.8 Å². The number of methoxy groups -OCH3 is 1. The zero-order valence-corrected chi connectivity index (χ0v) is 12.5. The first kappa shape index (κ1) is 14.0. The lowest BCUT2D eigenvalue weighted by Gasteiger charge is -2.23. The Hall–Kier alpha value is -0.940. The minimum absolute atomic E-state index is 0.00393. The van der Waals surface area contributed by atoms with E-state index in [-0.39, 0.29) is 5.41 Å². The standard InChI is InChI=1S/C15H25N3O2/c1-11-8-16-9-12(11)7-13-17-14(18-20-13)15(10-19-2)5-3-4-6-15/h11-12,16H,3-10H2,1-2H3/t11-,12-/m1/s1. The summed E-state index contributed by atoms with van der Waals surface area (Å²) < 4.78 is 10.9. The fourth-order valence-corrected chi connectivity index (χ4v) is 3.68. The fourth-order valence-electron chi connectivity index (χ4n) is 3.68. The van der Waals surface area contributed by atoms with Crippen LogP contribution in [0.2, 0.25) is 0 Å². The number of ether oxygens (including phenoxy) is 1. The molecule has 0 radical (unpaired) electrons. The Labute approximate surface area is 120 Å². The largest absolute Gasteiger partial charge is 0.384 e. The van der Waals surface area contributed by atoms with Crippen LogP contribution in [0.4, 0.5) is 0 Å². The average molecular weight is 279 g/mol. The number of nitrogens with zero attached hydrogens (tertiary/aromatic N) is 2. The second-order valence-corrected chi connectivity index (χ2v) is 6.53. The molecule has 1 aliphatic carbocycles. The molecule has 2 fully saturated rings. The smallest absolute Gasteiger partial charge is 0.227 e. The summed E-state index contributed by atoms with van der Waals surface area (Å²) in [6.07, 6.45) is 5.58. The van der Waals surface area contributed by atoms with Gasteiger partial charge in [-0.15, -0.1) is 0 Å². The van der Waals surface area contributed by atoms with Crippen LogP contribution in [0.3, 0.4) is 0 Å². The molecule has 1 aliphatic heterocycles. The van der Waals surface area contributed by atoms with Gasteiger partial charge in [0.1, 0.15) is 0 Å². The van der Waals surface area contributed by atoms with Gasteiger partial charge >= 0.3 is 0 Å². The normalized spacial score (nSPS) is 29.1. The predicted octanol–water partition coefficient (Wildman–Crippen LogP) is 1.93.